The second-order valence-electron chi connectivity index (χ2n) is 5.20. The molecule has 114 valence electrons. The van der Waals surface area contributed by atoms with Crippen molar-refractivity contribution in [2.24, 2.45) is 0 Å². The number of hydrogen-bond acceptors (Lipinski definition) is 4. The van der Waals surface area contributed by atoms with Crippen LogP contribution in [0.5, 0.6) is 0 Å². The minimum atomic E-state index is -0.224. The third-order valence-corrected chi connectivity index (χ3v) is 4.18. The maximum atomic E-state index is 12.4. The van der Waals surface area contributed by atoms with Gasteiger partial charge in [0.25, 0.3) is 5.91 Å². The zero-order valence-corrected chi connectivity index (χ0v) is 13.1. The molecule has 0 fully saturated rings. The van der Waals surface area contributed by atoms with E-state index in [0.29, 0.717) is 17.6 Å². The number of fused-ring (bicyclic) bond motifs is 1. The molecule has 0 radical (unpaired) electrons. The van der Waals surface area contributed by atoms with Gasteiger partial charge in [-0.15, -0.1) is 11.3 Å². The summed E-state index contributed by atoms with van der Waals surface area (Å²) in [6.07, 6.45) is 1.70. The number of benzene rings is 1. The van der Waals surface area contributed by atoms with Gasteiger partial charge >= 0.3 is 5.69 Å². The summed E-state index contributed by atoms with van der Waals surface area (Å²) in [4.78, 5) is 31.4. The van der Waals surface area contributed by atoms with Gasteiger partial charge in [0.05, 0.1) is 23.1 Å². The Morgan fingerprint density at radius 3 is 2.95 bits per heavy atom. The first-order chi connectivity index (χ1) is 10.6. The summed E-state index contributed by atoms with van der Waals surface area (Å²) in [5.41, 5.74) is 1.57. The van der Waals surface area contributed by atoms with Crippen LogP contribution in [-0.4, -0.2) is 20.4 Å². The van der Waals surface area contributed by atoms with Gasteiger partial charge < -0.3 is 10.3 Å². The van der Waals surface area contributed by atoms with Gasteiger partial charge in [-0.1, -0.05) is 6.07 Å². The Labute approximate surface area is 130 Å². The fraction of sp³-hybridized carbons (Fsp3) is 0.267. The van der Waals surface area contributed by atoms with E-state index in [9.17, 15) is 9.59 Å². The van der Waals surface area contributed by atoms with Crippen LogP contribution < -0.4 is 11.0 Å². The van der Waals surface area contributed by atoms with Crippen LogP contribution in [0.2, 0.25) is 0 Å². The summed E-state index contributed by atoms with van der Waals surface area (Å²) in [6, 6.07) is 5.35. The Morgan fingerprint density at radius 1 is 1.45 bits per heavy atom. The standard InChI is InChI=1S/C15H16N4O2S/c1-9(2)19-11-5-3-4-10(13(11)18-15(19)21)14(20)17-8-12-16-6-7-22-12/h3-7,9H,8H2,1-2H3,(H,17,20)(H,18,21). The van der Waals surface area contributed by atoms with E-state index in [1.807, 2.05) is 25.3 Å². The molecule has 0 saturated heterocycles. The molecule has 2 aromatic heterocycles. The van der Waals surface area contributed by atoms with Gasteiger partial charge in [0.15, 0.2) is 0 Å². The first-order valence-corrected chi connectivity index (χ1v) is 7.85. The van der Waals surface area contributed by atoms with Gasteiger partial charge in [-0.05, 0) is 26.0 Å². The van der Waals surface area contributed by atoms with E-state index in [2.05, 4.69) is 15.3 Å². The van der Waals surface area contributed by atoms with E-state index in [1.54, 1.807) is 22.9 Å². The van der Waals surface area contributed by atoms with Crippen LogP contribution in [0.25, 0.3) is 11.0 Å². The van der Waals surface area contributed by atoms with Crippen molar-refractivity contribution in [1.29, 1.82) is 0 Å². The summed E-state index contributed by atoms with van der Waals surface area (Å²) in [5, 5.41) is 5.53. The second kappa shape index (κ2) is 5.76. The number of amides is 1. The molecule has 2 N–H and O–H groups in total. The molecule has 0 aliphatic carbocycles. The van der Waals surface area contributed by atoms with Crippen molar-refractivity contribution in [2.75, 3.05) is 0 Å². The number of nitrogens with one attached hydrogen (secondary N) is 2. The molecule has 0 bridgehead atoms. The molecule has 2 heterocycles. The Kier molecular flexibility index (Phi) is 3.81. The monoisotopic (exact) mass is 316 g/mol. The third kappa shape index (κ3) is 2.55. The molecular weight excluding hydrogens is 300 g/mol. The lowest BCUT2D eigenvalue weighted by molar-refractivity contribution is 0.0952. The molecule has 0 unspecified atom stereocenters. The Morgan fingerprint density at radius 2 is 2.27 bits per heavy atom. The summed E-state index contributed by atoms with van der Waals surface area (Å²) >= 11 is 1.49. The maximum absolute atomic E-state index is 12.4. The van der Waals surface area contributed by atoms with Crippen LogP contribution in [0.15, 0.2) is 34.6 Å². The molecule has 3 aromatic rings. The van der Waals surface area contributed by atoms with Crippen molar-refractivity contribution in [3.05, 3.63) is 50.8 Å². The lowest BCUT2D eigenvalue weighted by Gasteiger charge is -2.08. The number of para-hydroxylation sites is 1. The average molecular weight is 316 g/mol. The number of imidazole rings is 1. The first-order valence-electron chi connectivity index (χ1n) is 6.97. The van der Waals surface area contributed by atoms with E-state index >= 15 is 0 Å². The van der Waals surface area contributed by atoms with Crippen molar-refractivity contribution in [3.8, 4) is 0 Å². The number of nitrogens with zero attached hydrogens (tertiary/aromatic N) is 2. The molecule has 0 spiro atoms. The van der Waals surface area contributed by atoms with Crippen LogP contribution in [0.1, 0.15) is 35.3 Å². The highest BCUT2D eigenvalue weighted by atomic mass is 32.1. The summed E-state index contributed by atoms with van der Waals surface area (Å²) in [5.74, 6) is -0.224. The van der Waals surface area contributed by atoms with E-state index in [4.69, 9.17) is 0 Å². The zero-order valence-electron chi connectivity index (χ0n) is 12.3. The fourth-order valence-corrected chi connectivity index (χ4v) is 3.00. The molecule has 3 rings (SSSR count). The SMILES string of the molecule is CC(C)n1c(=O)[nH]c2c(C(=O)NCc3nccs3)cccc21. The largest absolute Gasteiger partial charge is 0.345 e. The van der Waals surface area contributed by atoms with Gasteiger partial charge in [-0.2, -0.15) is 0 Å². The third-order valence-electron chi connectivity index (χ3n) is 3.40. The minimum absolute atomic E-state index is 0.0230. The van der Waals surface area contributed by atoms with Crippen LogP contribution in [0, 0.1) is 0 Å². The van der Waals surface area contributed by atoms with Gasteiger partial charge in [-0.3, -0.25) is 9.36 Å². The fourth-order valence-electron chi connectivity index (χ4n) is 2.44. The number of aromatic amines is 1. The van der Waals surface area contributed by atoms with E-state index in [1.165, 1.54) is 11.3 Å². The number of hydrogen-bond donors (Lipinski definition) is 2. The Hall–Kier alpha value is -2.41. The smallest absolute Gasteiger partial charge is 0.326 e. The van der Waals surface area contributed by atoms with Gasteiger partial charge in [0.2, 0.25) is 0 Å². The molecular formula is C15H16N4O2S. The van der Waals surface area contributed by atoms with Crippen molar-refractivity contribution in [1.82, 2.24) is 19.9 Å². The highest BCUT2D eigenvalue weighted by Gasteiger charge is 2.16. The zero-order chi connectivity index (χ0) is 15.7. The average Bonchev–Trinajstić information content (AvgIpc) is 3.10. The van der Waals surface area contributed by atoms with Gasteiger partial charge in [-0.25, -0.2) is 9.78 Å². The Balaban J connectivity index is 1.95. The molecule has 7 heteroatoms. The number of rotatable bonds is 4. The van der Waals surface area contributed by atoms with Gasteiger partial charge in [0, 0.05) is 17.6 Å². The number of carbonyl (C=O) groups excluding carboxylic acids is 1. The highest BCUT2D eigenvalue weighted by molar-refractivity contribution is 7.09. The van der Waals surface area contributed by atoms with Crippen LogP contribution >= 0.6 is 11.3 Å². The number of aromatic nitrogens is 3. The molecule has 0 aliphatic rings. The molecule has 0 aliphatic heterocycles. The van der Waals surface area contributed by atoms with Crippen molar-refractivity contribution in [2.45, 2.75) is 26.4 Å². The number of H-pyrrole nitrogens is 1. The normalized spacial score (nSPS) is 11.2. The van der Waals surface area contributed by atoms with Crippen molar-refractivity contribution in [3.63, 3.8) is 0 Å². The van der Waals surface area contributed by atoms with Crippen molar-refractivity contribution >= 4 is 28.3 Å². The summed E-state index contributed by atoms with van der Waals surface area (Å²) in [7, 11) is 0. The maximum Gasteiger partial charge on any atom is 0.326 e. The quantitative estimate of drug-likeness (QED) is 0.775. The topological polar surface area (TPSA) is 79.8 Å². The predicted octanol–water partition coefficient (Wildman–Crippen LogP) is 2.30. The molecule has 1 amide bonds. The van der Waals surface area contributed by atoms with Crippen LogP contribution in [0.4, 0.5) is 0 Å². The highest BCUT2D eigenvalue weighted by Crippen LogP contribution is 2.18. The predicted molar refractivity (Wildman–Crippen MR) is 86.2 cm³/mol. The number of carbonyl (C=O) groups is 1. The molecule has 1 aromatic carbocycles. The minimum Gasteiger partial charge on any atom is -0.345 e. The van der Waals surface area contributed by atoms with Crippen LogP contribution in [-0.2, 0) is 6.54 Å². The lowest BCUT2D eigenvalue weighted by Crippen LogP contribution is -2.23. The Bertz CT molecular complexity index is 861. The molecule has 0 atom stereocenters. The van der Waals surface area contributed by atoms with E-state index in [-0.39, 0.29) is 17.6 Å². The molecule has 6 nitrogen and oxygen atoms in total. The molecule has 22 heavy (non-hydrogen) atoms. The summed E-state index contributed by atoms with van der Waals surface area (Å²) in [6.45, 7) is 4.25. The van der Waals surface area contributed by atoms with E-state index < -0.39 is 0 Å². The van der Waals surface area contributed by atoms with Gasteiger partial charge in [0.1, 0.15) is 5.01 Å². The summed E-state index contributed by atoms with van der Waals surface area (Å²) < 4.78 is 1.65. The number of thiazole rings is 1. The van der Waals surface area contributed by atoms with E-state index in [0.717, 1.165) is 10.5 Å². The lowest BCUT2D eigenvalue weighted by atomic mass is 10.1. The van der Waals surface area contributed by atoms with Crippen molar-refractivity contribution < 1.29 is 4.79 Å². The van der Waals surface area contributed by atoms with Crippen LogP contribution in [0.3, 0.4) is 0 Å². The first kappa shape index (κ1) is 14.5. The second-order valence-corrected chi connectivity index (χ2v) is 6.18. The molecule has 0 saturated carbocycles.